The third-order valence-corrected chi connectivity index (χ3v) is 3.38. The van der Waals surface area contributed by atoms with E-state index in [-0.39, 0.29) is 0 Å². The Morgan fingerprint density at radius 1 is 0.722 bits per heavy atom. The molecule has 0 aliphatic rings. The van der Waals surface area contributed by atoms with Crippen molar-refractivity contribution in [2.45, 2.75) is 70.6 Å². The van der Waals surface area contributed by atoms with Crippen LogP contribution in [-0.4, -0.2) is 6.54 Å². The molecule has 0 spiro atoms. The molecule has 0 aromatic carbocycles. The number of nitriles is 2. The first-order valence-electron chi connectivity index (χ1n) is 7.29. The highest BCUT2D eigenvalue weighted by molar-refractivity contribution is 4.70. The molecule has 0 bridgehead atoms. The van der Waals surface area contributed by atoms with Crippen LogP contribution < -0.4 is 5.73 Å². The predicted molar refractivity (Wildman–Crippen MR) is 74.6 cm³/mol. The van der Waals surface area contributed by atoms with E-state index in [0.717, 1.165) is 31.7 Å². The lowest BCUT2D eigenvalue weighted by Gasteiger charge is -2.15. The standard InChI is InChI=1S/C15H27N3/c16-12-7-3-1-5-9-15(11-14-18)10-6-2-4-8-13-17/h15H,1-11,14,18H2. The molecule has 0 atom stereocenters. The van der Waals surface area contributed by atoms with Crippen molar-refractivity contribution >= 4 is 0 Å². The fraction of sp³-hybridized carbons (Fsp3) is 0.867. The number of unbranched alkanes of at least 4 members (excludes halogenated alkanes) is 6. The lowest BCUT2D eigenvalue weighted by molar-refractivity contribution is 0.389. The van der Waals surface area contributed by atoms with Gasteiger partial charge in [-0.25, -0.2) is 0 Å². The topological polar surface area (TPSA) is 73.6 Å². The highest BCUT2D eigenvalue weighted by Crippen LogP contribution is 2.20. The molecule has 0 aromatic rings. The molecular weight excluding hydrogens is 222 g/mol. The monoisotopic (exact) mass is 249 g/mol. The number of rotatable bonds is 12. The third-order valence-electron chi connectivity index (χ3n) is 3.38. The van der Waals surface area contributed by atoms with Crippen LogP contribution in [0.5, 0.6) is 0 Å². The molecule has 3 heteroatoms. The molecule has 0 aliphatic heterocycles. The Labute approximate surface area is 112 Å². The Bertz CT molecular complexity index is 225. The van der Waals surface area contributed by atoms with E-state index in [9.17, 15) is 0 Å². The van der Waals surface area contributed by atoms with E-state index in [0.29, 0.717) is 12.8 Å². The molecule has 0 unspecified atom stereocenters. The first-order chi connectivity index (χ1) is 8.85. The summed E-state index contributed by atoms with van der Waals surface area (Å²) >= 11 is 0. The molecule has 0 rings (SSSR count). The van der Waals surface area contributed by atoms with Gasteiger partial charge < -0.3 is 5.73 Å². The van der Waals surface area contributed by atoms with Gasteiger partial charge in [-0.2, -0.15) is 10.5 Å². The summed E-state index contributed by atoms with van der Waals surface area (Å²) in [7, 11) is 0. The molecule has 0 aromatic heterocycles. The van der Waals surface area contributed by atoms with Crippen LogP contribution in [0.15, 0.2) is 0 Å². The molecule has 2 N–H and O–H groups in total. The van der Waals surface area contributed by atoms with Crippen LogP contribution in [0.2, 0.25) is 0 Å². The SMILES string of the molecule is N#CCCCCCC(CCN)CCCCCC#N. The van der Waals surface area contributed by atoms with Crippen molar-refractivity contribution < 1.29 is 0 Å². The van der Waals surface area contributed by atoms with E-state index in [1.54, 1.807) is 0 Å². The number of nitrogens with zero attached hydrogens (tertiary/aromatic N) is 2. The number of hydrogen-bond acceptors (Lipinski definition) is 3. The van der Waals surface area contributed by atoms with Crippen molar-refractivity contribution in [3.8, 4) is 12.1 Å². The fourth-order valence-electron chi connectivity index (χ4n) is 2.30. The molecular formula is C15H27N3. The van der Waals surface area contributed by atoms with Crippen LogP contribution in [0.25, 0.3) is 0 Å². The van der Waals surface area contributed by atoms with Gasteiger partial charge in [0.15, 0.2) is 0 Å². The van der Waals surface area contributed by atoms with Crippen molar-refractivity contribution in [3.63, 3.8) is 0 Å². The lowest BCUT2D eigenvalue weighted by atomic mass is 9.92. The summed E-state index contributed by atoms with van der Waals surface area (Å²) in [5.41, 5.74) is 5.65. The van der Waals surface area contributed by atoms with Crippen molar-refractivity contribution in [3.05, 3.63) is 0 Å². The van der Waals surface area contributed by atoms with E-state index in [4.69, 9.17) is 16.3 Å². The van der Waals surface area contributed by atoms with Gasteiger partial charge in [0.05, 0.1) is 12.1 Å². The van der Waals surface area contributed by atoms with Gasteiger partial charge in [0, 0.05) is 12.8 Å². The second-order valence-corrected chi connectivity index (χ2v) is 4.96. The van der Waals surface area contributed by atoms with Gasteiger partial charge in [-0.05, 0) is 31.7 Å². The van der Waals surface area contributed by atoms with Crippen LogP contribution in [-0.2, 0) is 0 Å². The van der Waals surface area contributed by atoms with Crippen LogP contribution in [0.1, 0.15) is 70.6 Å². The summed E-state index contributed by atoms with van der Waals surface area (Å²) < 4.78 is 0. The summed E-state index contributed by atoms with van der Waals surface area (Å²) in [6.07, 6.45) is 11.9. The first kappa shape index (κ1) is 16.9. The van der Waals surface area contributed by atoms with Gasteiger partial charge in [-0.3, -0.25) is 0 Å². The third kappa shape index (κ3) is 11.4. The van der Waals surface area contributed by atoms with E-state index in [2.05, 4.69) is 12.1 Å². The van der Waals surface area contributed by atoms with Gasteiger partial charge >= 0.3 is 0 Å². The van der Waals surface area contributed by atoms with Crippen molar-refractivity contribution in [1.82, 2.24) is 0 Å². The number of hydrogen-bond donors (Lipinski definition) is 1. The first-order valence-corrected chi connectivity index (χ1v) is 7.29. The van der Waals surface area contributed by atoms with Gasteiger partial charge in [0.1, 0.15) is 0 Å². The summed E-state index contributed by atoms with van der Waals surface area (Å²) in [5.74, 6) is 0.749. The highest BCUT2D eigenvalue weighted by Gasteiger charge is 2.07. The largest absolute Gasteiger partial charge is 0.330 e. The maximum Gasteiger partial charge on any atom is 0.0621 e. The van der Waals surface area contributed by atoms with Crippen molar-refractivity contribution in [1.29, 1.82) is 10.5 Å². The highest BCUT2D eigenvalue weighted by atomic mass is 14.5. The second kappa shape index (κ2) is 14.0. The predicted octanol–water partition coefficient (Wildman–Crippen LogP) is 3.90. The van der Waals surface area contributed by atoms with Gasteiger partial charge in [0.25, 0.3) is 0 Å². The Kier molecular flexibility index (Phi) is 13.2. The minimum absolute atomic E-state index is 0.690. The van der Waals surface area contributed by atoms with E-state index in [1.165, 1.54) is 38.5 Å². The van der Waals surface area contributed by atoms with Crippen molar-refractivity contribution in [2.75, 3.05) is 6.54 Å². The van der Waals surface area contributed by atoms with Gasteiger partial charge in [-0.15, -0.1) is 0 Å². The van der Waals surface area contributed by atoms with E-state index < -0.39 is 0 Å². The summed E-state index contributed by atoms with van der Waals surface area (Å²) in [4.78, 5) is 0. The van der Waals surface area contributed by atoms with Gasteiger partial charge in [0.2, 0.25) is 0 Å². The van der Waals surface area contributed by atoms with Crippen LogP contribution in [0.4, 0.5) is 0 Å². The fourth-order valence-corrected chi connectivity index (χ4v) is 2.30. The van der Waals surface area contributed by atoms with E-state index >= 15 is 0 Å². The maximum absolute atomic E-state index is 8.46. The molecule has 0 saturated heterocycles. The molecule has 18 heavy (non-hydrogen) atoms. The molecule has 102 valence electrons. The normalized spacial score (nSPS) is 10.2. The Balaban J connectivity index is 3.53. The summed E-state index contributed by atoms with van der Waals surface area (Å²) in [5, 5.41) is 16.9. The minimum atomic E-state index is 0.690. The zero-order valence-electron chi connectivity index (χ0n) is 11.5. The maximum atomic E-state index is 8.46. The molecule has 0 radical (unpaired) electrons. The summed E-state index contributed by atoms with van der Waals surface area (Å²) in [6, 6.07) is 4.38. The zero-order valence-corrected chi connectivity index (χ0v) is 11.5. The zero-order chi connectivity index (χ0) is 13.5. The lowest BCUT2D eigenvalue weighted by Crippen LogP contribution is -2.09. The summed E-state index contributed by atoms with van der Waals surface area (Å²) in [6.45, 7) is 0.779. The Morgan fingerprint density at radius 3 is 1.61 bits per heavy atom. The van der Waals surface area contributed by atoms with E-state index in [1.807, 2.05) is 0 Å². The molecule has 0 heterocycles. The average Bonchev–Trinajstić information content (AvgIpc) is 2.38. The molecule has 0 fully saturated rings. The van der Waals surface area contributed by atoms with Crippen LogP contribution >= 0.6 is 0 Å². The van der Waals surface area contributed by atoms with Gasteiger partial charge in [-0.1, -0.05) is 38.5 Å². The molecule has 0 aliphatic carbocycles. The smallest absolute Gasteiger partial charge is 0.0621 e. The quantitative estimate of drug-likeness (QED) is 0.533. The molecule has 3 nitrogen and oxygen atoms in total. The molecule has 0 amide bonds. The van der Waals surface area contributed by atoms with Crippen LogP contribution in [0.3, 0.4) is 0 Å². The van der Waals surface area contributed by atoms with Crippen molar-refractivity contribution in [2.24, 2.45) is 11.7 Å². The minimum Gasteiger partial charge on any atom is -0.330 e. The second-order valence-electron chi connectivity index (χ2n) is 4.96. The average molecular weight is 249 g/mol. The Hall–Kier alpha value is -1.06. The van der Waals surface area contributed by atoms with Crippen LogP contribution in [0, 0.1) is 28.6 Å². The Morgan fingerprint density at radius 2 is 1.22 bits per heavy atom. The molecule has 0 saturated carbocycles. The number of nitrogens with two attached hydrogens (primary N) is 1.